The lowest BCUT2D eigenvalue weighted by molar-refractivity contribution is -0.128. The highest BCUT2D eigenvalue weighted by Gasteiger charge is 2.55. The second-order valence-electron chi connectivity index (χ2n) is 8.23. The Kier molecular flexibility index (Phi) is 4.47. The Balaban J connectivity index is 1.25. The van der Waals surface area contributed by atoms with Crippen LogP contribution >= 0.6 is 0 Å². The molecular weight excluding hydrogens is 366 g/mol. The summed E-state index contributed by atoms with van der Waals surface area (Å²) < 4.78 is 0. The Bertz CT molecular complexity index is 1010. The Morgan fingerprint density at radius 3 is 2.90 bits per heavy atom. The molecule has 150 valence electrons. The number of rotatable bonds is 5. The zero-order valence-corrected chi connectivity index (χ0v) is 16.2. The van der Waals surface area contributed by atoms with Gasteiger partial charge in [0.1, 0.15) is 17.8 Å². The number of benzene rings is 1. The molecule has 0 bridgehead atoms. The Morgan fingerprint density at radius 2 is 2.10 bits per heavy atom. The minimum Gasteiger partial charge on any atom is -0.387 e. The Labute approximate surface area is 169 Å². The number of nitrogens with one attached hydrogen (secondary N) is 2. The summed E-state index contributed by atoms with van der Waals surface area (Å²) in [5.41, 5.74) is 1.69. The molecule has 3 N–H and O–H groups in total. The van der Waals surface area contributed by atoms with E-state index in [0.29, 0.717) is 0 Å². The standard InChI is InChI=1S/C22H25N5O2/c28-18(15-4-2-1-3-5-15)12-24-21(29)17-7-11-27(13-22(17)8-9-22)20-16-6-10-23-19(16)25-14-26-20/h1-6,10,14,17-18,28H,7-9,11-13H2,(H,24,29)(H,23,25,26)/t17-,18?/m1/s1. The number of piperidine rings is 1. The van der Waals surface area contributed by atoms with Gasteiger partial charge >= 0.3 is 0 Å². The monoisotopic (exact) mass is 391 g/mol. The highest BCUT2D eigenvalue weighted by molar-refractivity contribution is 5.87. The van der Waals surface area contributed by atoms with Crippen molar-refractivity contribution in [1.29, 1.82) is 0 Å². The van der Waals surface area contributed by atoms with Crippen molar-refractivity contribution in [2.45, 2.75) is 25.4 Å². The maximum atomic E-state index is 12.9. The van der Waals surface area contributed by atoms with E-state index in [1.807, 2.05) is 42.6 Å². The highest BCUT2D eigenvalue weighted by Crippen LogP contribution is 2.56. The van der Waals surface area contributed by atoms with Crippen LogP contribution in [0.15, 0.2) is 48.9 Å². The lowest BCUT2D eigenvalue weighted by Crippen LogP contribution is -2.48. The van der Waals surface area contributed by atoms with Crippen LogP contribution in [0.2, 0.25) is 0 Å². The van der Waals surface area contributed by atoms with Gasteiger partial charge in [-0.3, -0.25) is 4.79 Å². The predicted molar refractivity (Wildman–Crippen MR) is 110 cm³/mol. The average molecular weight is 391 g/mol. The van der Waals surface area contributed by atoms with Gasteiger partial charge < -0.3 is 20.3 Å². The third-order valence-electron chi connectivity index (χ3n) is 6.43. The molecule has 5 rings (SSSR count). The number of aromatic amines is 1. The molecule has 0 radical (unpaired) electrons. The van der Waals surface area contributed by atoms with E-state index in [4.69, 9.17) is 0 Å². The van der Waals surface area contributed by atoms with E-state index in [1.165, 1.54) is 0 Å². The number of anilines is 1. The van der Waals surface area contributed by atoms with Crippen molar-refractivity contribution in [3.8, 4) is 0 Å². The molecule has 1 aromatic carbocycles. The molecule has 29 heavy (non-hydrogen) atoms. The van der Waals surface area contributed by atoms with Crippen molar-refractivity contribution in [1.82, 2.24) is 20.3 Å². The second-order valence-corrected chi connectivity index (χ2v) is 8.23. The van der Waals surface area contributed by atoms with Crippen molar-refractivity contribution >= 4 is 22.8 Å². The molecule has 1 spiro atoms. The largest absolute Gasteiger partial charge is 0.387 e. The van der Waals surface area contributed by atoms with Gasteiger partial charge in [0.05, 0.1) is 11.5 Å². The summed E-state index contributed by atoms with van der Waals surface area (Å²) in [7, 11) is 0. The fraction of sp³-hybridized carbons (Fsp3) is 0.409. The van der Waals surface area contributed by atoms with E-state index in [2.05, 4.69) is 25.2 Å². The lowest BCUT2D eigenvalue weighted by Gasteiger charge is -2.39. The quantitative estimate of drug-likeness (QED) is 0.621. The fourth-order valence-corrected chi connectivity index (χ4v) is 4.64. The van der Waals surface area contributed by atoms with Crippen molar-refractivity contribution in [3.05, 3.63) is 54.5 Å². The van der Waals surface area contributed by atoms with Crippen LogP contribution in [0.5, 0.6) is 0 Å². The van der Waals surface area contributed by atoms with Crippen LogP contribution in [0, 0.1) is 11.3 Å². The topological polar surface area (TPSA) is 94.1 Å². The second kappa shape index (κ2) is 7.15. The molecule has 1 aliphatic carbocycles. The van der Waals surface area contributed by atoms with Crippen molar-refractivity contribution in [2.24, 2.45) is 11.3 Å². The fourth-order valence-electron chi connectivity index (χ4n) is 4.64. The van der Waals surface area contributed by atoms with Crippen LogP contribution in [-0.2, 0) is 4.79 Å². The summed E-state index contributed by atoms with van der Waals surface area (Å²) in [4.78, 5) is 27.2. The summed E-state index contributed by atoms with van der Waals surface area (Å²) in [5.74, 6) is 0.998. The highest BCUT2D eigenvalue weighted by atomic mass is 16.3. The zero-order valence-electron chi connectivity index (χ0n) is 16.2. The van der Waals surface area contributed by atoms with E-state index in [9.17, 15) is 9.90 Å². The van der Waals surface area contributed by atoms with Crippen LogP contribution < -0.4 is 10.2 Å². The van der Waals surface area contributed by atoms with Gasteiger partial charge in [-0.1, -0.05) is 30.3 Å². The molecule has 1 saturated heterocycles. The molecular formula is C22H25N5O2. The van der Waals surface area contributed by atoms with Gasteiger partial charge in [-0.2, -0.15) is 0 Å². The number of nitrogens with zero attached hydrogens (tertiary/aromatic N) is 3. The first-order valence-corrected chi connectivity index (χ1v) is 10.2. The van der Waals surface area contributed by atoms with E-state index >= 15 is 0 Å². The van der Waals surface area contributed by atoms with Gasteiger partial charge in [0.25, 0.3) is 0 Å². The van der Waals surface area contributed by atoms with Crippen LogP contribution in [0.1, 0.15) is 30.9 Å². The molecule has 1 unspecified atom stereocenters. The number of hydrogen-bond acceptors (Lipinski definition) is 5. The number of aliphatic hydroxyl groups excluding tert-OH is 1. The Hall–Kier alpha value is -2.93. The zero-order chi connectivity index (χ0) is 19.8. The summed E-state index contributed by atoms with van der Waals surface area (Å²) >= 11 is 0. The number of fused-ring (bicyclic) bond motifs is 1. The summed E-state index contributed by atoms with van der Waals surface area (Å²) in [6, 6.07) is 11.5. The molecule has 1 amide bonds. The van der Waals surface area contributed by atoms with Gasteiger partial charge in [-0.15, -0.1) is 0 Å². The molecule has 2 aliphatic rings. The molecule has 7 nitrogen and oxygen atoms in total. The molecule has 3 aromatic rings. The molecule has 7 heteroatoms. The number of carbonyl (C=O) groups excluding carboxylic acids is 1. The SMILES string of the molecule is O=C(NCC(O)c1ccccc1)[C@H]1CCN(c2ncnc3[nH]ccc23)CC12CC2. The normalized spacial score (nSPS) is 21.3. The molecule has 2 fully saturated rings. The van der Waals surface area contributed by atoms with Crippen LogP contribution in [0.4, 0.5) is 5.82 Å². The number of hydrogen-bond donors (Lipinski definition) is 3. The minimum atomic E-state index is -0.682. The number of aromatic nitrogens is 3. The molecule has 3 heterocycles. The first kappa shape index (κ1) is 18.1. The van der Waals surface area contributed by atoms with Gasteiger partial charge in [-0.25, -0.2) is 9.97 Å². The smallest absolute Gasteiger partial charge is 0.223 e. The third kappa shape index (κ3) is 3.35. The first-order chi connectivity index (χ1) is 14.2. The van der Waals surface area contributed by atoms with E-state index in [0.717, 1.165) is 54.8 Å². The number of aliphatic hydroxyl groups is 1. The molecule has 1 saturated carbocycles. The van der Waals surface area contributed by atoms with Crippen LogP contribution in [-0.4, -0.2) is 45.6 Å². The summed E-state index contributed by atoms with van der Waals surface area (Å²) in [6.45, 7) is 1.87. The van der Waals surface area contributed by atoms with Crippen molar-refractivity contribution in [3.63, 3.8) is 0 Å². The van der Waals surface area contributed by atoms with Crippen molar-refractivity contribution in [2.75, 3.05) is 24.5 Å². The van der Waals surface area contributed by atoms with E-state index in [1.54, 1.807) is 6.33 Å². The average Bonchev–Trinajstić information content (AvgIpc) is 3.34. The number of H-pyrrole nitrogens is 1. The predicted octanol–water partition coefficient (Wildman–Crippen LogP) is 2.41. The third-order valence-corrected chi connectivity index (χ3v) is 6.43. The summed E-state index contributed by atoms with van der Waals surface area (Å²) in [6.07, 6.45) is 5.71. The minimum absolute atomic E-state index is 0.00900. The first-order valence-electron chi connectivity index (χ1n) is 10.2. The number of carbonyl (C=O) groups is 1. The van der Waals surface area contributed by atoms with E-state index < -0.39 is 6.10 Å². The van der Waals surface area contributed by atoms with Gasteiger partial charge in [-0.05, 0) is 36.3 Å². The Morgan fingerprint density at radius 1 is 1.28 bits per heavy atom. The molecule has 2 atom stereocenters. The van der Waals surface area contributed by atoms with Crippen LogP contribution in [0.25, 0.3) is 11.0 Å². The van der Waals surface area contributed by atoms with Crippen LogP contribution in [0.3, 0.4) is 0 Å². The number of amides is 1. The maximum absolute atomic E-state index is 12.9. The molecule has 1 aliphatic heterocycles. The maximum Gasteiger partial charge on any atom is 0.223 e. The summed E-state index contributed by atoms with van der Waals surface area (Å²) in [5, 5.41) is 14.4. The lowest BCUT2D eigenvalue weighted by atomic mass is 9.81. The van der Waals surface area contributed by atoms with Crippen molar-refractivity contribution < 1.29 is 9.90 Å². The molecule has 2 aromatic heterocycles. The van der Waals surface area contributed by atoms with Gasteiger partial charge in [0.2, 0.25) is 5.91 Å². The van der Waals surface area contributed by atoms with Gasteiger partial charge in [0, 0.05) is 31.7 Å². The van der Waals surface area contributed by atoms with Gasteiger partial charge in [0.15, 0.2) is 0 Å². The van der Waals surface area contributed by atoms with E-state index in [-0.39, 0.29) is 23.8 Å².